The number of ether oxygens (including phenoxy) is 1. The fourth-order valence-corrected chi connectivity index (χ4v) is 2.52. The van der Waals surface area contributed by atoms with Gasteiger partial charge in [-0.3, -0.25) is 4.79 Å². The number of carbonyl (C=O) groups excluding carboxylic acids is 1. The number of nitrogens with two attached hydrogens (primary N) is 1. The van der Waals surface area contributed by atoms with E-state index in [0.717, 1.165) is 19.3 Å². The van der Waals surface area contributed by atoms with Crippen molar-refractivity contribution in [2.45, 2.75) is 25.3 Å². The lowest BCUT2D eigenvalue weighted by Gasteiger charge is -2.21. The fraction of sp³-hybridized carbons (Fsp3) is 0.533. The SMILES string of the molecule is CN(CCOc1ccccc1F)C(=O)[C@H]1CC[C@H](N)C1. The van der Waals surface area contributed by atoms with Gasteiger partial charge in [-0.2, -0.15) is 0 Å². The van der Waals surface area contributed by atoms with Gasteiger partial charge in [-0.05, 0) is 31.4 Å². The second-order valence-electron chi connectivity index (χ2n) is 5.31. The minimum atomic E-state index is -0.386. The Morgan fingerprint density at radius 1 is 1.45 bits per heavy atom. The monoisotopic (exact) mass is 280 g/mol. The molecule has 1 aliphatic rings. The zero-order chi connectivity index (χ0) is 14.5. The van der Waals surface area contributed by atoms with E-state index in [0.29, 0.717) is 6.54 Å². The van der Waals surface area contributed by atoms with Crippen LogP contribution < -0.4 is 10.5 Å². The van der Waals surface area contributed by atoms with E-state index in [-0.39, 0.29) is 36.0 Å². The molecular weight excluding hydrogens is 259 g/mol. The quantitative estimate of drug-likeness (QED) is 0.894. The molecule has 0 heterocycles. The molecule has 1 aromatic carbocycles. The lowest BCUT2D eigenvalue weighted by Crippen LogP contribution is -2.35. The second kappa shape index (κ2) is 6.70. The summed E-state index contributed by atoms with van der Waals surface area (Å²) in [5, 5.41) is 0. The Hall–Kier alpha value is -1.62. The number of benzene rings is 1. The first-order valence-electron chi connectivity index (χ1n) is 6.96. The summed E-state index contributed by atoms with van der Waals surface area (Å²) < 4.78 is 18.7. The Kier molecular flexibility index (Phi) is 4.95. The number of para-hydroxylation sites is 1. The van der Waals surface area contributed by atoms with Crippen molar-refractivity contribution in [3.05, 3.63) is 30.1 Å². The van der Waals surface area contributed by atoms with E-state index in [2.05, 4.69) is 0 Å². The number of hydrogen-bond acceptors (Lipinski definition) is 3. The van der Waals surface area contributed by atoms with Crippen molar-refractivity contribution in [3.8, 4) is 5.75 Å². The second-order valence-corrected chi connectivity index (χ2v) is 5.31. The third-order valence-corrected chi connectivity index (χ3v) is 3.72. The van der Waals surface area contributed by atoms with Crippen molar-refractivity contribution in [2.24, 2.45) is 11.7 Å². The Balaban J connectivity index is 1.76. The lowest BCUT2D eigenvalue weighted by atomic mass is 10.1. The molecule has 4 nitrogen and oxygen atoms in total. The van der Waals surface area contributed by atoms with Crippen LogP contribution in [0.4, 0.5) is 4.39 Å². The molecule has 0 radical (unpaired) electrons. The summed E-state index contributed by atoms with van der Waals surface area (Å²) in [4.78, 5) is 13.8. The first-order valence-corrected chi connectivity index (χ1v) is 6.96. The molecule has 110 valence electrons. The number of amides is 1. The van der Waals surface area contributed by atoms with Gasteiger partial charge in [0.2, 0.25) is 5.91 Å². The summed E-state index contributed by atoms with van der Waals surface area (Å²) in [6, 6.07) is 6.40. The van der Waals surface area contributed by atoms with E-state index < -0.39 is 0 Å². The van der Waals surface area contributed by atoms with Crippen LogP contribution in [0, 0.1) is 11.7 Å². The normalized spacial score (nSPS) is 21.8. The van der Waals surface area contributed by atoms with Gasteiger partial charge in [0.15, 0.2) is 11.6 Å². The highest BCUT2D eigenvalue weighted by Crippen LogP contribution is 2.25. The summed E-state index contributed by atoms with van der Waals surface area (Å²) >= 11 is 0. The van der Waals surface area contributed by atoms with Gasteiger partial charge in [0.05, 0.1) is 6.54 Å². The van der Waals surface area contributed by atoms with E-state index in [1.807, 2.05) is 0 Å². The third kappa shape index (κ3) is 3.70. The van der Waals surface area contributed by atoms with Crippen LogP contribution in [0.3, 0.4) is 0 Å². The smallest absolute Gasteiger partial charge is 0.225 e. The highest BCUT2D eigenvalue weighted by Gasteiger charge is 2.29. The van der Waals surface area contributed by atoms with Crippen molar-refractivity contribution in [1.29, 1.82) is 0 Å². The summed E-state index contributed by atoms with van der Waals surface area (Å²) in [6.07, 6.45) is 2.53. The molecule has 0 unspecified atom stereocenters. The van der Waals surface area contributed by atoms with E-state index in [1.54, 1.807) is 30.1 Å². The minimum absolute atomic E-state index is 0.0310. The molecule has 2 N–H and O–H groups in total. The van der Waals surface area contributed by atoms with E-state index >= 15 is 0 Å². The number of carbonyl (C=O) groups is 1. The van der Waals surface area contributed by atoms with Crippen LogP contribution in [-0.4, -0.2) is 37.0 Å². The Morgan fingerprint density at radius 2 is 2.20 bits per heavy atom. The van der Waals surface area contributed by atoms with Crippen LogP contribution in [0.5, 0.6) is 5.75 Å². The maximum absolute atomic E-state index is 13.3. The number of halogens is 1. The molecule has 1 saturated carbocycles. The largest absolute Gasteiger partial charge is 0.489 e. The molecule has 0 aromatic heterocycles. The van der Waals surface area contributed by atoms with Crippen molar-refractivity contribution in [3.63, 3.8) is 0 Å². The Morgan fingerprint density at radius 3 is 2.85 bits per heavy atom. The lowest BCUT2D eigenvalue weighted by molar-refractivity contribution is -0.134. The van der Waals surface area contributed by atoms with Crippen LogP contribution in [0.15, 0.2) is 24.3 Å². The molecule has 1 aliphatic carbocycles. The third-order valence-electron chi connectivity index (χ3n) is 3.72. The summed E-state index contributed by atoms with van der Waals surface area (Å²) in [5.41, 5.74) is 5.82. The number of likely N-dealkylation sites (N-methyl/N-ethyl adjacent to an activating group) is 1. The molecule has 0 saturated heterocycles. The first kappa shape index (κ1) is 14.8. The predicted molar refractivity (Wildman–Crippen MR) is 74.8 cm³/mol. The summed E-state index contributed by atoms with van der Waals surface area (Å²) in [5.74, 6) is -0.0296. The highest BCUT2D eigenvalue weighted by molar-refractivity contribution is 5.78. The van der Waals surface area contributed by atoms with Crippen LogP contribution >= 0.6 is 0 Å². The maximum Gasteiger partial charge on any atom is 0.225 e. The molecule has 1 aromatic rings. The van der Waals surface area contributed by atoms with Gasteiger partial charge in [0.1, 0.15) is 6.61 Å². The summed E-state index contributed by atoms with van der Waals surface area (Å²) in [7, 11) is 1.75. The molecule has 2 atom stereocenters. The maximum atomic E-state index is 13.3. The van der Waals surface area contributed by atoms with E-state index in [4.69, 9.17) is 10.5 Å². The summed E-state index contributed by atoms with van der Waals surface area (Å²) in [6.45, 7) is 0.723. The van der Waals surface area contributed by atoms with E-state index in [9.17, 15) is 9.18 Å². The number of rotatable bonds is 5. The zero-order valence-corrected chi connectivity index (χ0v) is 11.7. The zero-order valence-electron chi connectivity index (χ0n) is 11.7. The van der Waals surface area contributed by atoms with E-state index in [1.165, 1.54) is 6.07 Å². The fourth-order valence-electron chi connectivity index (χ4n) is 2.52. The number of hydrogen-bond donors (Lipinski definition) is 1. The molecule has 0 aliphatic heterocycles. The standard InChI is InChI=1S/C15H21FN2O2/c1-18(15(19)11-6-7-12(17)10-11)8-9-20-14-5-3-2-4-13(14)16/h2-5,11-12H,6-10,17H2,1H3/t11-,12-/m0/s1. The van der Waals surface area contributed by atoms with Gasteiger partial charge in [-0.25, -0.2) is 4.39 Å². The molecule has 1 fully saturated rings. The van der Waals surface area contributed by atoms with Crippen LogP contribution in [-0.2, 0) is 4.79 Å². The van der Waals surface area contributed by atoms with Crippen LogP contribution in [0.25, 0.3) is 0 Å². The number of nitrogens with zero attached hydrogens (tertiary/aromatic N) is 1. The van der Waals surface area contributed by atoms with Gasteiger partial charge < -0.3 is 15.4 Å². The molecule has 5 heteroatoms. The van der Waals surface area contributed by atoms with Crippen LogP contribution in [0.1, 0.15) is 19.3 Å². The molecular formula is C15H21FN2O2. The van der Waals surface area contributed by atoms with Gasteiger partial charge >= 0.3 is 0 Å². The topological polar surface area (TPSA) is 55.6 Å². The highest BCUT2D eigenvalue weighted by atomic mass is 19.1. The molecule has 20 heavy (non-hydrogen) atoms. The molecule has 1 amide bonds. The van der Waals surface area contributed by atoms with Crippen molar-refractivity contribution in [1.82, 2.24) is 4.90 Å². The first-order chi connectivity index (χ1) is 9.58. The van der Waals surface area contributed by atoms with Gasteiger partial charge in [0, 0.05) is 19.0 Å². The average molecular weight is 280 g/mol. The average Bonchev–Trinajstić information content (AvgIpc) is 2.86. The Labute approximate surface area is 118 Å². The molecule has 2 rings (SSSR count). The Bertz CT molecular complexity index is 467. The minimum Gasteiger partial charge on any atom is -0.489 e. The van der Waals surface area contributed by atoms with Gasteiger partial charge in [-0.15, -0.1) is 0 Å². The molecule has 0 spiro atoms. The van der Waals surface area contributed by atoms with Crippen molar-refractivity contribution >= 4 is 5.91 Å². The van der Waals surface area contributed by atoms with Gasteiger partial charge in [-0.1, -0.05) is 12.1 Å². The van der Waals surface area contributed by atoms with Crippen molar-refractivity contribution in [2.75, 3.05) is 20.2 Å². The van der Waals surface area contributed by atoms with Gasteiger partial charge in [0.25, 0.3) is 0 Å². The molecule has 0 bridgehead atoms. The van der Waals surface area contributed by atoms with Crippen LogP contribution in [0.2, 0.25) is 0 Å². The predicted octanol–water partition coefficient (Wildman–Crippen LogP) is 1.79. The van der Waals surface area contributed by atoms with Crippen molar-refractivity contribution < 1.29 is 13.9 Å².